The molecule has 3 aromatic rings. The Hall–Kier alpha value is -2.16. The van der Waals surface area contributed by atoms with Crippen LogP contribution in [0.3, 0.4) is 0 Å². The molecule has 0 aromatic carbocycles. The molecule has 0 saturated carbocycles. The number of anilines is 2. The number of fused-ring (bicyclic) bond motifs is 1. The average Bonchev–Trinajstić information content (AvgIpc) is 3.18. The number of hydrogen-bond donors (Lipinski definition) is 2. The predicted octanol–water partition coefficient (Wildman–Crippen LogP) is 3.82. The molecule has 0 spiro atoms. The zero-order chi connectivity index (χ0) is 20.1. The molecule has 1 aliphatic heterocycles. The fraction of sp³-hybridized carbons (Fsp3) is 0.524. The SMILES string of the molecule is CCCCCCNc1cc(N2CCNC(C)C2)n2nc(-c3cccnc3)nc2n1.Cl.Cl. The van der Waals surface area contributed by atoms with Crippen molar-refractivity contribution in [2.24, 2.45) is 0 Å². The first-order valence-electron chi connectivity index (χ1n) is 10.6. The van der Waals surface area contributed by atoms with Gasteiger partial charge in [0.25, 0.3) is 5.78 Å². The van der Waals surface area contributed by atoms with Crippen molar-refractivity contribution in [2.75, 3.05) is 36.4 Å². The van der Waals surface area contributed by atoms with Crippen molar-refractivity contribution in [3.63, 3.8) is 0 Å². The molecule has 1 saturated heterocycles. The van der Waals surface area contributed by atoms with E-state index in [0.717, 1.165) is 49.8 Å². The van der Waals surface area contributed by atoms with Crippen molar-refractivity contribution in [2.45, 2.75) is 45.6 Å². The van der Waals surface area contributed by atoms with Crippen LogP contribution < -0.4 is 15.5 Å². The summed E-state index contributed by atoms with van der Waals surface area (Å²) >= 11 is 0. The molecule has 1 fully saturated rings. The Morgan fingerprint density at radius 3 is 2.81 bits per heavy atom. The van der Waals surface area contributed by atoms with E-state index in [-0.39, 0.29) is 24.8 Å². The summed E-state index contributed by atoms with van der Waals surface area (Å²) in [6.07, 6.45) is 8.45. The van der Waals surface area contributed by atoms with Gasteiger partial charge < -0.3 is 15.5 Å². The summed E-state index contributed by atoms with van der Waals surface area (Å²) in [7, 11) is 0. The summed E-state index contributed by atoms with van der Waals surface area (Å²) < 4.78 is 1.86. The quantitative estimate of drug-likeness (QED) is 0.488. The number of rotatable bonds is 8. The maximum atomic E-state index is 4.76. The fourth-order valence-corrected chi connectivity index (χ4v) is 3.70. The number of pyridine rings is 1. The molecule has 4 heterocycles. The van der Waals surface area contributed by atoms with Gasteiger partial charge in [0, 0.05) is 56.2 Å². The van der Waals surface area contributed by atoms with Crippen LogP contribution in [0.25, 0.3) is 17.2 Å². The second kappa shape index (κ2) is 12.0. The maximum absolute atomic E-state index is 4.76. The van der Waals surface area contributed by atoms with E-state index in [1.165, 1.54) is 19.3 Å². The van der Waals surface area contributed by atoms with Gasteiger partial charge in [-0.3, -0.25) is 4.98 Å². The molecule has 1 unspecified atom stereocenters. The van der Waals surface area contributed by atoms with Gasteiger partial charge in [-0.25, -0.2) is 0 Å². The fourth-order valence-electron chi connectivity index (χ4n) is 3.70. The Kier molecular flexibility index (Phi) is 9.74. The van der Waals surface area contributed by atoms with E-state index < -0.39 is 0 Å². The number of unbranched alkanes of at least 4 members (excludes halogenated alkanes) is 3. The molecular weight excluding hydrogens is 435 g/mol. The molecule has 0 aliphatic carbocycles. The van der Waals surface area contributed by atoms with Gasteiger partial charge in [-0.1, -0.05) is 26.2 Å². The molecule has 0 radical (unpaired) electrons. The topological polar surface area (TPSA) is 83.3 Å². The van der Waals surface area contributed by atoms with E-state index in [1.807, 2.05) is 16.6 Å². The number of halogens is 2. The van der Waals surface area contributed by atoms with Crippen LogP contribution in [0, 0.1) is 0 Å². The van der Waals surface area contributed by atoms with Gasteiger partial charge in [0.2, 0.25) is 0 Å². The second-order valence-corrected chi connectivity index (χ2v) is 7.68. The molecule has 8 nitrogen and oxygen atoms in total. The third-order valence-electron chi connectivity index (χ3n) is 5.24. The molecule has 3 aromatic heterocycles. The van der Waals surface area contributed by atoms with E-state index >= 15 is 0 Å². The minimum absolute atomic E-state index is 0. The lowest BCUT2D eigenvalue weighted by molar-refractivity contribution is 0.480. The first-order valence-corrected chi connectivity index (χ1v) is 10.6. The first-order chi connectivity index (χ1) is 14.2. The highest BCUT2D eigenvalue weighted by molar-refractivity contribution is 5.85. The van der Waals surface area contributed by atoms with Gasteiger partial charge in [0.1, 0.15) is 11.6 Å². The lowest BCUT2D eigenvalue weighted by atomic mass is 10.2. The molecule has 1 aliphatic rings. The van der Waals surface area contributed by atoms with Crippen LogP contribution in [-0.2, 0) is 0 Å². The van der Waals surface area contributed by atoms with E-state index in [4.69, 9.17) is 15.1 Å². The zero-order valence-electron chi connectivity index (χ0n) is 18.1. The Bertz CT molecular complexity index is 934. The Balaban J connectivity index is 0.00000171. The molecular formula is C21H32Cl2N8. The number of aromatic nitrogens is 5. The smallest absolute Gasteiger partial charge is 0.256 e. The van der Waals surface area contributed by atoms with Crippen LogP contribution in [0.5, 0.6) is 0 Å². The average molecular weight is 467 g/mol. The van der Waals surface area contributed by atoms with Crippen LogP contribution in [0.15, 0.2) is 30.6 Å². The number of hydrogen-bond acceptors (Lipinski definition) is 7. The van der Waals surface area contributed by atoms with E-state index in [1.54, 1.807) is 12.4 Å². The zero-order valence-corrected chi connectivity index (χ0v) is 19.8. The molecule has 0 amide bonds. The van der Waals surface area contributed by atoms with Crippen molar-refractivity contribution in [1.82, 2.24) is 29.9 Å². The normalized spacial score (nSPS) is 15.9. The minimum atomic E-state index is 0. The molecule has 0 bridgehead atoms. The largest absolute Gasteiger partial charge is 0.370 e. The summed E-state index contributed by atoms with van der Waals surface area (Å²) in [5.74, 6) is 3.15. The van der Waals surface area contributed by atoms with Crippen molar-refractivity contribution in [3.8, 4) is 11.4 Å². The first kappa shape index (κ1) is 25.1. The third kappa shape index (κ3) is 6.18. The number of piperazine rings is 1. The second-order valence-electron chi connectivity index (χ2n) is 7.68. The maximum Gasteiger partial charge on any atom is 0.256 e. The number of nitrogens with zero attached hydrogens (tertiary/aromatic N) is 6. The molecule has 10 heteroatoms. The van der Waals surface area contributed by atoms with Crippen LogP contribution in [-0.4, -0.2) is 56.8 Å². The van der Waals surface area contributed by atoms with Crippen molar-refractivity contribution in [1.29, 1.82) is 0 Å². The highest BCUT2D eigenvalue weighted by Crippen LogP contribution is 2.23. The standard InChI is InChI=1S/C21H30N8.2ClH/c1-3-4-5-6-10-24-18-13-19(28-12-11-23-16(2)15-28)29-21(25-18)26-20(27-29)17-8-7-9-22-14-17;;/h7-9,13-14,16,23H,3-6,10-12,15H2,1-2H3,(H,24,25,26,27);2*1H. The van der Waals surface area contributed by atoms with E-state index in [2.05, 4.69) is 40.4 Å². The summed E-state index contributed by atoms with van der Waals surface area (Å²) in [5, 5.41) is 11.7. The van der Waals surface area contributed by atoms with Crippen molar-refractivity contribution in [3.05, 3.63) is 30.6 Å². The molecule has 4 rings (SSSR count). The highest BCUT2D eigenvalue weighted by atomic mass is 35.5. The van der Waals surface area contributed by atoms with Gasteiger partial charge in [-0.15, -0.1) is 29.9 Å². The highest BCUT2D eigenvalue weighted by Gasteiger charge is 2.21. The summed E-state index contributed by atoms with van der Waals surface area (Å²) in [4.78, 5) is 16.0. The van der Waals surface area contributed by atoms with Crippen LogP contribution >= 0.6 is 24.8 Å². The van der Waals surface area contributed by atoms with Crippen LogP contribution in [0.2, 0.25) is 0 Å². The van der Waals surface area contributed by atoms with Crippen LogP contribution in [0.1, 0.15) is 39.5 Å². The van der Waals surface area contributed by atoms with Gasteiger partial charge in [0.15, 0.2) is 5.82 Å². The van der Waals surface area contributed by atoms with Gasteiger partial charge in [0.05, 0.1) is 0 Å². The Morgan fingerprint density at radius 2 is 2.06 bits per heavy atom. The van der Waals surface area contributed by atoms with E-state index in [0.29, 0.717) is 17.6 Å². The number of nitrogens with one attached hydrogen (secondary N) is 2. The summed E-state index contributed by atoms with van der Waals surface area (Å²) in [5.41, 5.74) is 0.895. The monoisotopic (exact) mass is 466 g/mol. The molecule has 2 N–H and O–H groups in total. The van der Waals surface area contributed by atoms with Crippen molar-refractivity contribution >= 4 is 42.2 Å². The van der Waals surface area contributed by atoms with Gasteiger partial charge in [-0.2, -0.15) is 14.5 Å². The summed E-state index contributed by atoms with van der Waals surface area (Å²) in [6, 6.07) is 6.41. The lowest BCUT2D eigenvalue weighted by Gasteiger charge is -2.33. The predicted molar refractivity (Wildman–Crippen MR) is 131 cm³/mol. The summed E-state index contributed by atoms with van der Waals surface area (Å²) in [6.45, 7) is 8.17. The molecule has 31 heavy (non-hydrogen) atoms. The van der Waals surface area contributed by atoms with Gasteiger partial charge >= 0.3 is 0 Å². The Morgan fingerprint density at radius 1 is 1.19 bits per heavy atom. The van der Waals surface area contributed by atoms with Gasteiger partial charge in [-0.05, 0) is 25.5 Å². The minimum Gasteiger partial charge on any atom is -0.370 e. The molecule has 1 atom stereocenters. The molecule has 170 valence electrons. The lowest BCUT2D eigenvalue weighted by Crippen LogP contribution is -2.49. The van der Waals surface area contributed by atoms with E-state index in [9.17, 15) is 0 Å². The van der Waals surface area contributed by atoms with Crippen LogP contribution in [0.4, 0.5) is 11.6 Å². The van der Waals surface area contributed by atoms with Crippen molar-refractivity contribution < 1.29 is 0 Å². The Labute approximate surface area is 196 Å². The third-order valence-corrected chi connectivity index (χ3v) is 5.24.